The minimum atomic E-state index is -3.99. The van der Waals surface area contributed by atoms with Crippen LogP contribution in [0.25, 0.3) is 6.08 Å². The molecule has 0 radical (unpaired) electrons. The molecule has 1 aromatic heterocycles. The SMILES string of the molecule is NC(N)=NCCNC(=O)/C=C/C1=C(C(=O)[O-])N2C(=O)/C(=C/c3ccccn3)[C@H]2S(=O)(=O)C1. The number of carboxylic acid groups (broad SMARTS) is 1. The van der Waals surface area contributed by atoms with Crippen LogP contribution < -0.4 is 21.9 Å². The van der Waals surface area contributed by atoms with Crippen molar-refractivity contribution in [1.82, 2.24) is 15.2 Å². The number of β-lactam (4-membered cyclic amide) rings is 1. The van der Waals surface area contributed by atoms with Crippen molar-refractivity contribution in [1.29, 1.82) is 0 Å². The molecule has 2 amide bonds. The number of aromatic nitrogens is 1. The first kappa shape index (κ1) is 22.7. The van der Waals surface area contributed by atoms with Crippen LogP contribution >= 0.6 is 0 Å². The molecule has 168 valence electrons. The third-order valence-electron chi connectivity index (χ3n) is 4.53. The highest BCUT2D eigenvalue weighted by Gasteiger charge is 2.55. The fourth-order valence-corrected chi connectivity index (χ4v) is 5.13. The van der Waals surface area contributed by atoms with Gasteiger partial charge in [0.15, 0.2) is 21.2 Å². The zero-order chi connectivity index (χ0) is 23.5. The summed E-state index contributed by atoms with van der Waals surface area (Å²) in [6, 6.07) is 4.89. The Labute approximate surface area is 182 Å². The van der Waals surface area contributed by atoms with Crippen LogP contribution in [0.2, 0.25) is 0 Å². The first-order valence-electron chi connectivity index (χ1n) is 9.25. The number of fused-ring (bicyclic) bond motifs is 1. The van der Waals surface area contributed by atoms with Crippen molar-refractivity contribution in [3.05, 3.63) is 59.1 Å². The molecule has 0 saturated carbocycles. The van der Waals surface area contributed by atoms with Crippen molar-refractivity contribution >= 4 is 39.7 Å². The summed E-state index contributed by atoms with van der Waals surface area (Å²) < 4.78 is 25.6. The van der Waals surface area contributed by atoms with Gasteiger partial charge in [-0.3, -0.25) is 24.5 Å². The van der Waals surface area contributed by atoms with Crippen LogP contribution in [-0.2, 0) is 24.2 Å². The highest BCUT2D eigenvalue weighted by atomic mass is 32.2. The number of allylic oxidation sites excluding steroid dienone is 1. The van der Waals surface area contributed by atoms with Crippen LogP contribution in [-0.4, -0.2) is 66.3 Å². The zero-order valence-corrected chi connectivity index (χ0v) is 17.4. The van der Waals surface area contributed by atoms with Gasteiger partial charge in [0, 0.05) is 18.8 Å². The Kier molecular flexibility index (Phi) is 6.39. The van der Waals surface area contributed by atoms with Crippen molar-refractivity contribution < 1.29 is 27.9 Å². The highest BCUT2D eigenvalue weighted by molar-refractivity contribution is 7.92. The van der Waals surface area contributed by atoms with E-state index < -0.39 is 44.4 Å². The summed E-state index contributed by atoms with van der Waals surface area (Å²) >= 11 is 0. The van der Waals surface area contributed by atoms with Crippen molar-refractivity contribution in [3.63, 3.8) is 0 Å². The van der Waals surface area contributed by atoms with Gasteiger partial charge in [-0.1, -0.05) is 12.1 Å². The molecular weight excluding hydrogens is 440 g/mol. The first-order valence-corrected chi connectivity index (χ1v) is 11.0. The van der Waals surface area contributed by atoms with Crippen LogP contribution in [0.5, 0.6) is 0 Å². The first-order chi connectivity index (χ1) is 15.1. The number of guanidine groups is 1. The molecule has 3 heterocycles. The molecule has 3 rings (SSSR count). The van der Waals surface area contributed by atoms with Crippen LogP contribution in [0, 0.1) is 0 Å². The Morgan fingerprint density at radius 1 is 1.34 bits per heavy atom. The minimum absolute atomic E-state index is 0.0945. The molecule has 1 aromatic rings. The number of aliphatic imine (C=N–C) groups is 1. The molecule has 2 aliphatic heterocycles. The van der Waals surface area contributed by atoms with Gasteiger partial charge in [0.05, 0.1) is 35.2 Å². The second-order valence-corrected chi connectivity index (χ2v) is 8.84. The van der Waals surface area contributed by atoms with Gasteiger partial charge in [-0.25, -0.2) is 8.42 Å². The lowest BCUT2D eigenvalue weighted by atomic mass is 10.0. The smallest absolute Gasteiger partial charge is 0.258 e. The lowest BCUT2D eigenvalue weighted by molar-refractivity contribution is -0.301. The van der Waals surface area contributed by atoms with E-state index in [1.54, 1.807) is 18.2 Å². The molecular formula is C19H19N6O6S-. The number of sulfone groups is 1. The molecule has 1 saturated heterocycles. The minimum Gasteiger partial charge on any atom is -0.543 e. The molecule has 1 atom stereocenters. The number of hydrogen-bond donors (Lipinski definition) is 3. The molecule has 0 spiro atoms. The number of nitrogens with two attached hydrogens (primary N) is 2. The van der Waals surface area contributed by atoms with E-state index in [1.807, 2.05) is 0 Å². The van der Waals surface area contributed by atoms with E-state index in [1.165, 1.54) is 12.3 Å². The summed E-state index contributed by atoms with van der Waals surface area (Å²) in [5.74, 6) is -4.00. The summed E-state index contributed by atoms with van der Waals surface area (Å²) in [5.41, 5.74) is 9.75. The number of pyridine rings is 1. The van der Waals surface area contributed by atoms with Crippen LogP contribution in [0.1, 0.15) is 5.69 Å². The van der Waals surface area contributed by atoms with Crippen LogP contribution in [0.4, 0.5) is 0 Å². The summed E-state index contributed by atoms with van der Waals surface area (Å²) in [4.78, 5) is 44.6. The third-order valence-corrected chi connectivity index (χ3v) is 6.39. The number of carboxylic acids is 1. The predicted octanol–water partition coefficient (Wildman–Crippen LogP) is -2.99. The average molecular weight is 459 g/mol. The number of hydrogen-bond acceptors (Lipinski definition) is 8. The Balaban J connectivity index is 1.86. The predicted molar refractivity (Wildman–Crippen MR) is 111 cm³/mol. The number of amides is 2. The lowest BCUT2D eigenvalue weighted by Gasteiger charge is -2.46. The van der Waals surface area contributed by atoms with Gasteiger partial charge in [0.1, 0.15) is 0 Å². The lowest BCUT2D eigenvalue weighted by Crippen LogP contribution is -2.63. The summed E-state index contributed by atoms with van der Waals surface area (Å²) in [5, 5.41) is 12.7. The van der Waals surface area contributed by atoms with Gasteiger partial charge in [-0.2, -0.15) is 0 Å². The molecule has 32 heavy (non-hydrogen) atoms. The number of aliphatic carboxylic acids is 1. The maximum absolute atomic E-state index is 12.8. The molecule has 1 fully saturated rings. The largest absolute Gasteiger partial charge is 0.543 e. The Hall–Kier alpha value is -4.00. The highest BCUT2D eigenvalue weighted by Crippen LogP contribution is 2.40. The molecule has 12 nitrogen and oxygen atoms in total. The van der Waals surface area contributed by atoms with Gasteiger partial charge in [-0.05, 0) is 23.8 Å². The van der Waals surface area contributed by atoms with Crippen molar-refractivity contribution in [2.24, 2.45) is 16.5 Å². The molecule has 0 aliphatic carbocycles. The monoisotopic (exact) mass is 459 g/mol. The van der Waals surface area contributed by atoms with E-state index >= 15 is 0 Å². The topological polar surface area (TPSA) is 201 Å². The van der Waals surface area contributed by atoms with Gasteiger partial charge in [0.2, 0.25) is 5.91 Å². The number of carbonyl (C=O) groups excluding carboxylic acids is 3. The molecule has 0 bridgehead atoms. The molecule has 0 aromatic carbocycles. The van der Waals surface area contributed by atoms with E-state index in [2.05, 4.69) is 15.3 Å². The normalized spacial score (nSPS) is 20.6. The maximum atomic E-state index is 12.8. The van der Waals surface area contributed by atoms with E-state index in [0.717, 1.165) is 12.2 Å². The van der Waals surface area contributed by atoms with Crippen LogP contribution in [0.3, 0.4) is 0 Å². The molecule has 13 heteroatoms. The van der Waals surface area contributed by atoms with Gasteiger partial charge in [-0.15, -0.1) is 0 Å². The standard InChI is InChI=1S/C19H20N6O6S/c20-19(21)24-8-7-23-14(26)5-4-11-10-32(30,31)17-13(9-12-3-1-2-6-22-12)16(27)25(17)15(11)18(28)29/h1-6,9,17H,7-8,10H2,(H,23,26)(H,28,29)(H4,20,21,24)/p-1/b5-4+,13-9-/t17-/m1/s1. The van der Waals surface area contributed by atoms with E-state index in [4.69, 9.17) is 11.5 Å². The fourth-order valence-electron chi connectivity index (χ4n) is 3.23. The van der Waals surface area contributed by atoms with Crippen molar-refractivity contribution in [2.75, 3.05) is 18.8 Å². The van der Waals surface area contributed by atoms with Crippen LogP contribution in [0.15, 0.2) is 58.4 Å². The Morgan fingerprint density at radius 3 is 2.72 bits per heavy atom. The number of nitrogens with one attached hydrogen (secondary N) is 1. The summed E-state index contributed by atoms with van der Waals surface area (Å²) in [6.07, 6.45) is 4.76. The van der Waals surface area contributed by atoms with Gasteiger partial charge < -0.3 is 26.7 Å². The second kappa shape index (κ2) is 9.01. The number of carbonyl (C=O) groups is 3. The van der Waals surface area contributed by atoms with E-state index in [9.17, 15) is 27.9 Å². The summed E-state index contributed by atoms with van der Waals surface area (Å²) in [6.45, 7) is 0.221. The van der Waals surface area contributed by atoms with Crippen molar-refractivity contribution in [2.45, 2.75) is 5.37 Å². The number of nitrogens with zero attached hydrogens (tertiary/aromatic N) is 3. The summed E-state index contributed by atoms with van der Waals surface area (Å²) in [7, 11) is -3.99. The van der Waals surface area contributed by atoms with E-state index in [-0.39, 0.29) is 30.2 Å². The molecule has 0 unspecified atom stereocenters. The maximum Gasteiger partial charge on any atom is 0.258 e. The zero-order valence-electron chi connectivity index (χ0n) is 16.6. The Morgan fingerprint density at radius 2 is 2.09 bits per heavy atom. The molecule has 2 aliphatic rings. The van der Waals surface area contributed by atoms with Gasteiger partial charge in [0.25, 0.3) is 5.91 Å². The van der Waals surface area contributed by atoms with Crippen molar-refractivity contribution in [3.8, 4) is 0 Å². The molecule has 5 N–H and O–H groups in total. The van der Waals surface area contributed by atoms with Gasteiger partial charge >= 0.3 is 0 Å². The average Bonchev–Trinajstić information content (AvgIpc) is 2.73. The third kappa shape index (κ3) is 4.67. The number of rotatable bonds is 7. The quantitative estimate of drug-likeness (QED) is 0.125. The fraction of sp³-hybridized carbons (Fsp3) is 0.211. The van der Waals surface area contributed by atoms with E-state index in [0.29, 0.717) is 10.6 Å². The Bertz CT molecular complexity index is 1180. The second-order valence-electron chi connectivity index (χ2n) is 6.78.